The summed E-state index contributed by atoms with van der Waals surface area (Å²) in [6, 6.07) is 66.8. The maximum Gasteiger partial charge on any atom is 0.140 e. The van der Waals surface area contributed by atoms with Gasteiger partial charge in [-0.2, -0.15) is 0 Å². The minimum atomic E-state index is 0.981. The van der Waals surface area contributed by atoms with Crippen LogP contribution < -0.4 is 0 Å². The molecular formula is C53H36N2. The summed E-state index contributed by atoms with van der Waals surface area (Å²) in [7, 11) is 2.09. The second-order valence-corrected chi connectivity index (χ2v) is 14.9. The van der Waals surface area contributed by atoms with Crippen molar-refractivity contribution in [2.45, 2.75) is 6.92 Å². The van der Waals surface area contributed by atoms with Crippen molar-refractivity contribution < 1.29 is 0 Å². The Morgan fingerprint density at radius 2 is 0.909 bits per heavy atom. The average molecular weight is 701 g/mol. The highest BCUT2D eigenvalue weighted by Gasteiger charge is 2.15. The Labute approximate surface area is 319 Å². The molecule has 1 heterocycles. The lowest BCUT2D eigenvalue weighted by Gasteiger charge is -2.16. The van der Waals surface area contributed by atoms with Crippen molar-refractivity contribution in [3.05, 3.63) is 188 Å². The maximum absolute atomic E-state index is 5.02. The largest absolute Gasteiger partial charge is 0.327 e. The van der Waals surface area contributed by atoms with Crippen molar-refractivity contribution in [3.63, 3.8) is 0 Å². The number of rotatable bonds is 4. The summed E-state index contributed by atoms with van der Waals surface area (Å²) in [6.45, 7) is 2.23. The van der Waals surface area contributed by atoms with Crippen molar-refractivity contribution in [1.82, 2.24) is 9.55 Å². The Morgan fingerprint density at radius 1 is 0.382 bits per heavy atom. The van der Waals surface area contributed by atoms with E-state index in [-0.39, 0.29) is 0 Å². The SMILES string of the molecule is Cc1cccc2ccc3cccc(-c4cccc5ccc6cc(-c7ccc8cc(-c9ccc%10c(c9)nc(-c9ccccc9)n%10C)ccc8c7)ccc6c45)c3c12. The van der Waals surface area contributed by atoms with Gasteiger partial charge in [0.15, 0.2) is 0 Å². The minimum Gasteiger partial charge on any atom is -0.327 e. The van der Waals surface area contributed by atoms with Crippen molar-refractivity contribution in [1.29, 1.82) is 0 Å². The van der Waals surface area contributed by atoms with Crippen molar-refractivity contribution in [3.8, 4) is 44.8 Å². The standard InChI is InChI=1S/C53H36N2/c1-33-9-6-12-34-17-18-36-14-8-16-47(52(36)50(33)34)46-15-7-13-35-19-24-44-31-42(25-27-45(44)51(35)46)40-21-20-39-30-41(23-22-38(39)29-40)43-26-28-49-48(32-43)54-53(55(49)2)37-10-4-3-5-11-37/h3-32H,1-2H3. The summed E-state index contributed by atoms with van der Waals surface area (Å²) in [5.41, 5.74) is 11.9. The second-order valence-electron chi connectivity index (χ2n) is 14.9. The predicted octanol–water partition coefficient (Wildman–Crippen LogP) is 14.3. The van der Waals surface area contributed by atoms with Gasteiger partial charge in [0, 0.05) is 12.6 Å². The number of aromatic nitrogens is 2. The molecule has 11 rings (SSSR count). The molecule has 258 valence electrons. The van der Waals surface area contributed by atoms with E-state index in [1.165, 1.54) is 92.8 Å². The molecule has 0 N–H and O–H groups in total. The molecular weight excluding hydrogens is 665 g/mol. The first-order chi connectivity index (χ1) is 27.1. The Kier molecular flexibility index (Phi) is 7.02. The summed E-state index contributed by atoms with van der Waals surface area (Å²) in [4.78, 5) is 5.02. The van der Waals surface area contributed by atoms with Crippen molar-refractivity contribution in [2.24, 2.45) is 7.05 Å². The van der Waals surface area contributed by atoms with E-state index in [2.05, 4.69) is 194 Å². The quantitative estimate of drug-likeness (QED) is 0.167. The molecule has 1 aromatic heterocycles. The molecule has 10 aromatic carbocycles. The van der Waals surface area contributed by atoms with Crippen LogP contribution in [0.1, 0.15) is 5.56 Å². The summed E-state index contributed by atoms with van der Waals surface area (Å²) >= 11 is 0. The number of benzene rings is 10. The smallest absolute Gasteiger partial charge is 0.140 e. The Balaban J connectivity index is 0.978. The molecule has 2 nitrogen and oxygen atoms in total. The third-order valence-electron chi connectivity index (χ3n) is 11.7. The molecule has 0 atom stereocenters. The van der Waals surface area contributed by atoms with Gasteiger partial charge >= 0.3 is 0 Å². The van der Waals surface area contributed by atoms with Gasteiger partial charge in [0.05, 0.1) is 11.0 Å². The van der Waals surface area contributed by atoms with Crippen LogP contribution in [0.15, 0.2) is 182 Å². The van der Waals surface area contributed by atoms with Gasteiger partial charge in [-0.3, -0.25) is 0 Å². The van der Waals surface area contributed by atoms with Crippen LogP contribution in [-0.2, 0) is 7.05 Å². The Bertz CT molecular complexity index is 3330. The van der Waals surface area contributed by atoms with Gasteiger partial charge in [0.1, 0.15) is 5.82 Å². The Hall–Kier alpha value is -7.03. The van der Waals surface area contributed by atoms with Gasteiger partial charge in [-0.1, -0.05) is 152 Å². The lowest BCUT2D eigenvalue weighted by atomic mass is 9.88. The average Bonchev–Trinajstić information content (AvgIpc) is 3.58. The third kappa shape index (κ3) is 5.06. The third-order valence-corrected chi connectivity index (χ3v) is 11.7. The van der Waals surface area contributed by atoms with Crippen LogP contribution in [0.2, 0.25) is 0 Å². The molecule has 0 amide bonds. The van der Waals surface area contributed by atoms with Crippen LogP contribution in [0.25, 0.3) is 110 Å². The van der Waals surface area contributed by atoms with E-state index < -0.39 is 0 Å². The van der Waals surface area contributed by atoms with E-state index in [0.29, 0.717) is 0 Å². The summed E-state index contributed by atoms with van der Waals surface area (Å²) in [5, 5.41) is 12.7. The van der Waals surface area contributed by atoms with Crippen molar-refractivity contribution >= 4 is 64.9 Å². The molecule has 11 aromatic rings. The zero-order valence-corrected chi connectivity index (χ0v) is 30.7. The number of nitrogens with zero attached hydrogens (tertiary/aromatic N) is 2. The highest BCUT2D eigenvalue weighted by molar-refractivity contribution is 6.21. The highest BCUT2D eigenvalue weighted by Crippen LogP contribution is 2.42. The van der Waals surface area contributed by atoms with E-state index in [1.54, 1.807) is 0 Å². The zero-order valence-electron chi connectivity index (χ0n) is 30.7. The van der Waals surface area contributed by atoms with Crippen molar-refractivity contribution in [2.75, 3.05) is 0 Å². The van der Waals surface area contributed by atoms with E-state index in [9.17, 15) is 0 Å². The van der Waals surface area contributed by atoms with Gasteiger partial charge in [-0.15, -0.1) is 0 Å². The van der Waals surface area contributed by atoms with Gasteiger partial charge < -0.3 is 4.57 Å². The second kappa shape index (κ2) is 12.3. The molecule has 0 saturated heterocycles. The van der Waals surface area contributed by atoms with Gasteiger partial charge in [0.2, 0.25) is 0 Å². The molecule has 0 fully saturated rings. The summed E-state index contributed by atoms with van der Waals surface area (Å²) in [5.74, 6) is 0.981. The molecule has 0 saturated carbocycles. The maximum atomic E-state index is 5.02. The molecule has 0 radical (unpaired) electrons. The normalized spacial score (nSPS) is 11.8. The summed E-state index contributed by atoms with van der Waals surface area (Å²) in [6.07, 6.45) is 0. The first-order valence-electron chi connectivity index (χ1n) is 19.0. The molecule has 0 aliphatic rings. The van der Waals surface area contributed by atoms with E-state index >= 15 is 0 Å². The number of hydrogen-bond acceptors (Lipinski definition) is 1. The van der Waals surface area contributed by atoms with E-state index in [1.807, 2.05) is 6.07 Å². The molecule has 2 heteroatoms. The molecule has 55 heavy (non-hydrogen) atoms. The van der Waals surface area contributed by atoms with Crippen LogP contribution >= 0.6 is 0 Å². The van der Waals surface area contributed by atoms with Crippen LogP contribution in [0.5, 0.6) is 0 Å². The van der Waals surface area contributed by atoms with Crippen LogP contribution in [0, 0.1) is 6.92 Å². The fourth-order valence-electron chi connectivity index (χ4n) is 8.91. The molecule has 0 aliphatic heterocycles. The van der Waals surface area contributed by atoms with E-state index in [4.69, 9.17) is 4.98 Å². The van der Waals surface area contributed by atoms with Crippen LogP contribution in [0.3, 0.4) is 0 Å². The monoisotopic (exact) mass is 700 g/mol. The number of imidazole rings is 1. The highest BCUT2D eigenvalue weighted by atomic mass is 15.1. The number of hydrogen-bond donors (Lipinski definition) is 0. The first-order valence-corrected chi connectivity index (χ1v) is 19.0. The van der Waals surface area contributed by atoms with Crippen LogP contribution in [-0.4, -0.2) is 9.55 Å². The molecule has 0 bridgehead atoms. The summed E-state index contributed by atoms with van der Waals surface area (Å²) < 4.78 is 2.18. The minimum absolute atomic E-state index is 0.981. The first kappa shape index (κ1) is 31.5. The molecule has 0 spiro atoms. The van der Waals surface area contributed by atoms with Crippen LogP contribution in [0.4, 0.5) is 0 Å². The predicted molar refractivity (Wildman–Crippen MR) is 235 cm³/mol. The van der Waals surface area contributed by atoms with Gasteiger partial charge in [0.25, 0.3) is 0 Å². The Morgan fingerprint density at radius 3 is 1.62 bits per heavy atom. The number of fused-ring (bicyclic) bond motifs is 8. The molecule has 0 aliphatic carbocycles. The number of aryl methyl sites for hydroxylation is 2. The topological polar surface area (TPSA) is 17.8 Å². The fraction of sp³-hybridized carbons (Fsp3) is 0.0377. The molecule has 0 unspecified atom stereocenters. The van der Waals surface area contributed by atoms with Gasteiger partial charge in [-0.25, -0.2) is 4.98 Å². The van der Waals surface area contributed by atoms with Gasteiger partial charge in [-0.05, 0) is 130 Å². The van der Waals surface area contributed by atoms with E-state index in [0.717, 1.165) is 22.4 Å². The lowest BCUT2D eigenvalue weighted by Crippen LogP contribution is -1.91. The zero-order chi connectivity index (χ0) is 36.6. The fourth-order valence-corrected chi connectivity index (χ4v) is 8.91. The lowest BCUT2D eigenvalue weighted by molar-refractivity contribution is 0.959.